The number of amides is 1. The maximum Gasteiger partial charge on any atom is 0.263 e. The molecule has 4 rings (SSSR count). The van der Waals surface area contributed by atoms with Gasteiger partial charge < -0.3 is 5.32 Å². The molecule has 150 valence electrons. The molecule has 0 aromatic carbocycles. The van der Waals surface area contributed by atoms with Gasteiger partial charge in [0.25, 0.3) is 5.56 Å². The lowest BCUT2D eigenvalue weighted by atomic mass is 9.95. The van der Waals surface area contributed by atoms with Gasteiger partial charge in [-0.3, -0.25) is 14.2 Å². The molecule has 0 aliphatic heterocycles. The Labute approximate surface area is 173 Å². The predicted molar refractivity (Wildman–Crippen MR) is 116 cm³/mol. The topological polar surface area (TPSA) is 64.0 Å². The Kier molecular flexibility index (Phi) is 5.92. The number of nitrogens with zero attached hydrogens (tertiary/aromatic N) is 2. The summed E-state index contributed by atoms with van der Waals surface area (Å²) in [5.74, 6) is 0.317. The molecule has 0 radical (unpaired) electrons. The van der Waals surface area contributed by atoms with E-state index in [1.54, 1.807) is 15.9 Å². The van der Waals surface area contributed by atoms with Gasteiger partial charge in [0.1, 0.15) is 4.83 Å². The summed E-state index contributed by atoms with van der Waals surface area (Å²) in [6, 6.07) is 0.301. The highest BCUT2D eigenvalue weighted by Gasteiger charge is 2.24. The van der Waals surface area contributed by atoms with Crippen molar-refractivity contribution in [2.45, 2.75) is 76.0 Å². The van der Waals surface area contributed by atoms with Gasteiger partial charge in [0.2, 0.25) is 5.91 Å². The van der Waals surface area contributed by atoms with E-state index in [1.807, 2.05) is 6.92 Å². The number of aryl methyl sites for hydroxylation is 2. The summed E-state index contributed by atoms with van der Waals surface area (Å²) in [4.78, 5) is 32.6. The number of hydrogen-bond donors (Lipinski definition) is 1. The molecule has 5 nitrogen and oxygen atoms in total. The quantitative estimate of drug-likeness (QED) is 0.437. The van der Waals surface area contributed by atoms with Crippen molar-refractivity contribution in [3.8, 4) is 0 Å². The number of rotatable bonds is 6. The zero-order valence-electron chi connectivity index (χ0n) is 16.4. The van der Waals surface area contributed by atoms with Crippen LogP contribution in [0.2, 0.25) is 0 Å². The average Bonchev–Trinajstić information content (AvgIpc) is 3.24. The smallest absolute Gasteiger partial charge is 0.263 e. The Bertz CT molecular complexity index is 970. The van der Waals surface area contributed by atoms with Crippen LogP contribution in [0, 0.1) is 0 Å². The monoisotopic (exact) mass is 417 g/mol. The highest BCUT2D eigenvalue weighted by Crippen LogP contribution is 2.35. The highest BCUT2D eigenvalue weighted by atomic mass is 32.2. The summed E-state index contributed by atoms with van der Waals surface area (Å²) >= 11 is 3.01. The van der Waals surface area contributed by atoms with Crippen molar-refractivity contribution in [1.29, 1.82) is 0 Å². The van der Waals surface area contributed by atoms with Gasteiger partial charge in [0.15, 0.2) is 5.16 Å². The zero-order chi connectivity index (χ0) is 19.7. The predicted octanol–water partition coefficient (Wildman–Crippen LogP) is 4.06. The molecular formula is C21H27N3O2S2. The molecule has 0 saturated heterocycles. The van der Waals surface area contributed by atoms with E-state index in [-0.39, 0.29) is 17.2 Å². The number of thioether (sulfide) groups is 1. The van der Waals surface area contributed by atoms with Crippen LogP contribution < -0.4 is 10.9 Å². The molecule has 2 aliphatic rings. The number of nitrogens with one attached hydrogen (secondary N) is 1. The van der Waals surface area contributed by atoms with Gasteiger partial charge >= 0.3 is 0 Å². The minimum Gasteiger partial charge on any atom is -0.353 e. The number of aromatic nitrogens is 2. The first-order valence-corrected chi connectivity index (χ1v) is 11.9. The van der Waals surface area contributed by atoms with Gasteiger partial charge in [-0.25, -0.2) is 4.98 Å². The number of fused-ring (bicyclic) bond motifs is 3. The minimum atomic E-state index is 0.0163. The van der Waals surface area contributed by atoms with Crippen LogP contribution in [0.1, 0.15) is 55.9 Å². The normalized spacial score (nSPS) is 17.0. The second kappa shape index (κ2) is 8.41. The van der Waals surface area contributed by atoms with Gasteiger partial charge in [-0.2, -0.15) is 0 Å². The first-order valence-electron chi connectivity index (χ1n) is 10.1. The number of carbonyl (C=O) groups excluding carboxylic acids is 1. The van der Waals surface area contributed by atoms with Crippen LogP contribution >= 0.6 is 23.1 Å². The zero-order valence-corrected chi connectivity index (χ0v) is 18.0. The molecule has 1 N–H and O–H groups in total. The molecule has 2 aliphatic carbocycles. The minimum absolute atomic E-state index is 0.0163. The highest BCUT2D eigenvalue weighted by molar-refractivity contribution is 7.99. The molecule has 1 fully saturated rings. The van der Waals surface area contributed by atoms with Crippen LogP contribution in [0.3, 0.4) is 0 Å². The van der Waals surface area contributed by atoms with Gasteiger partial charge in [-0.05, 0) is 44.6 Å². The second-order valence-electron chi connectivity index (χ2n) is 7.97. The molecule has 2 heterocycles. The molecule has 2 aromatic heterocycles. The third-order valence-electron chi connectivity index (χ3n) is 5.52. The van der Waals surface area contributed by atoms with Crippen LogP contribution in [0.4, 0.5) is 0 Å². The number of carbonyl (C=O) groups is 1. The molecule has 0 bridgehead atoms. The lowest BCUT2D eigenvalue weighted by Gasteiger charge is -2.22. The van der Waals surface area contributed by atoms with E-state index < -0.39 is 0 Å². The van der Waals surface area contributed by atoms with E-state index in [0.29, 0.717) is 17.7 Å². The fourth-order valence-corrected chi connectivity index (χ4v) is 6.34. The third kappa shape index (κ3) is 4.06. The maximum atomic E-state index is 13.2. The summed E-state index contributed by atoms with van der Waals surface area (Å²) < 4.78 is 1.70. The van der Waals surface area contributed by atoms with E-state index in [4.69, 9.17) is 4.98 Å². The molecule has 2 aromatic rings. The van der Waals surface area contributed by atoms with E-state index in [2.05, 4.69) is 11.9 Å². The summed E-state index contributed by atoms with van der Waals surface area (Å²) in [7, 11) is 0. The first kappa shape index (κ1) is 19.7. The van der Waals surface area contributed by atoms with Crippen molar-refractivity contribution in [3.05, 3.63) is 32.9 Å². The van der Waals surface area contributed by atoms with Crippen LogP contribution in [0.15, 0.2) is 22.1 Å². The van der Waals surface area contributed by atoms with Gasteiger partial charge in [-0.15, -0.1) is 11.3 Å². The number of hydrogen-bond acceptors (Lipinski definition) is 5. The second-order valence-corrected chi connectivity index (χ2v) is 10.00. The van der Waals surface area contributed by atoms with E-state index in [9.17, 15) is 9.59 Å². The molecule has 28 heavy (non-hydrogen) atoms. The number of allylic oxidation sites excluding steroid dienone is 1. The lowest BCUT2D eigenvalue weighted by Crippen LogP contribution is -2.37. The van der Waals surface area contributed by atoms with Crippen LogP contribution in [-0.4, -0.2) is 27.3 Å². The first-order chi connectivity index (χ1) is 13.5. The molecule has 1 amide bonds. The van der Waals surface area contributed by atoms with Gasteiger partial charge in [0.05, 0.1) is 11.1 Å². The van der Waals surface area contributed by atoms with Crippen LogP contribution in [0.25, 0.3) is 10.2 Å². The Morgan fingerprint density at radius 2 is 2.07 bits per heavy atom. The maximum absolute atomic E-state index is 13.2. The summed E-state index contributed by atoms with van der Waals surface area (Å²) in [5.41, 5.74) is 2.12. The standard InChI is InChI=1S/C21H27N3O2S2/c1-13(2)11-24-20(26)18-15-9-6-10-16(15)28-19(18)23-21(24)27-12-17(25)22-14-7-4-3-5-8-14/h14H,1,3-12H2,2H3,(H,22,25). The van der Waals surface area contributed by atoms with Crippen molar-refractivity contribution in [1.82, 2.24) is 14.9 Å². The Hall–Kier alpha value is -1.60. The van der Waals surface area contributed by atoms with Crippen molar-refractivity contribution in [2.75, 3.05) is 5.75 Å². The average molecular weight is 418 g/mol. The summed E-state index contributed by atoms with van der Waals surface area (Å²) in [6.07, 6.45) is 8.93. The molecule has 0 unspecified atom stereocenters. The van der Waals surface area contributed by atoms with Crippen LogP contribution in [0.5, 0.6) is 0 Å². The third-order valence-corrected chi connectivity index (χ3v) is 7.68. The fourth-order valence-electron chi connectivity index (χ4n) is 4.22. The molecule has 0 atom stereocenters. The summed E-state index contributed by atoms with van der Waals surface area (Å²) in [6.45, 7) is 6.33. The summed E-state index contributed by atoms with van der Waals surface area (Å²) in [5, 5.41) is 4.55. The van der Waals surface area contributed by atoms with Crippen molar-refractivity contribution in [2.24, 2.45) is 0 Å². The van der Waals surface area contributed by atoms with Crippen molar-refractivity contribution in [3.63, 3.8) is 0 Å². The lowest BCUT2D eigenvalue weighted by molar-refractivity contribution is -0.119. The molecule has 7 heteroatoms. The molecule has 1 saturated carbocycles. The Morgan fingerprint density at radius 1 is 1.29 bits per heavy atom. The van der Waals surface area contributed by atoms with E-state index >= 15 is 0 Å². The number of thiophene rings is 1. The van der Waals surface area contributed by atoms with E-state index in [1.165, 1.54) is 41.5 Å². The fraction of sp³-hybridized carbons (Fsp3) is 0.571. The van der Waals surface area contributed by atoms with Gasteiger partial charge in [0, 0.05) is 17.5 Å². The van der Waals surface area contributed by atoms with Crippen molar-refractivity contribution < 1.29 is 4.79 Å². The molecule has 0 spiro atoms. The van der Waals surface area contributed by atoms with Crippen LogP contribution in [-0.2, 0) is 24.2 Å². The Morgan fingerprint density at radius 3 is 2.82 bits per heavy atom. The van der Waals surface area contributed by atoms with Crippen molar-refractivity contribution >= 4 is 39.2 Å². The van der Waals surface area contributed by atoms with Gasteiger partial charge in [-0.1, -0.05) is 43.2 Å². The van der Waals surface area contributed by atoms with E-state index in [0.717, 1.165) is 47.9 Å². The molecular weight excluding hydrogens is 390 g/mol. The largest absolute Gasteiger partial charge is 0.353 e. The Balaban J connectivity index is 1.57. The SMILES string of the molecule is C=C(C)Cn1c(SCC(=O)NC2CCCCC2)nc2sc3c(c2c1=O)CCC3.